The Morgan fingerprint density at radius 3 is 3.08 bits per heavy atom. The van der Waals surface area contributed by atoms with E-state index in [1.807, 2.05) is 29.8 Å². The topological polar surface area (TPSA) is 90.9 Å². The van der Waals surface area contributed by atoms with Crippen LogP contribution in [0.25, 0.3) is 17.2 Å². The quantitative estimate of drug-likeness (QED) is 0.765. The summed E-state index contributed by atoms with van der Waals surface area (Å²) in [6.45, 7) is 5.05. The summed E-state index contributed by atoms with van der Waals surface area (Å²) >= 11 is 0. The molecule has 2 aliphatic heterocycles. The molecule has 2 aliphatic rings. The second-order valence-corrected chi connectivity index (χ2v) is 6.67. The van der Waals surface area contributed by atoms with E-state index in [1.54, 1.807) is 12.4 Å². The third kappa shape index (κ3) is 2.21. The van der Waals surface area contributed by atoms with Gasteiger partial charge in [-0.25, -0.2) is 9.97 Å². The lowest BCUT2D eigenvalue weighted by molar-refractivity contribution is 0.161. The van der Waals surface area contributed by atoms with Crippen LogP contribution >= 0.6 is 0 Å². The summed E-state index contributed by atoms with van der Waals surface area (Å²) in [6.07, 6.45) is 5.40. The predicted molar refractivity (Wildman–Crippen MR) is 88.2 cm³/mol. The molecule has 5 rings (SSSR count). The molecule has 8 nitrogen and oxygen atoms in total. The zero-order valence-corrected chi connectivity index (χ0v) is 13.8. The Balaban J connectivity index is 1.45. The zero-order chi connectivity index (χ0) is 16.9. The van der Waals surface area contributed by atoms with Crippen molar-refractivity contribution >= 4 is 0 Å². The maximum absolute atomic E-state index is 5.66. The summed E-state index contributed by atoms with van der Waals surface area (Å²) in [4.78, 5) is 13.4. The Labute approximate surface area is 144 Å². The fourth-order valence-electron chi connectivity index (χ4n) is 3.72. The van der Waals surface area contributed by atoms with E-state index in [9.17, 15) is 0 Å². The summed E-state index contributed by atoms with van der Waals surface area (Å²) in [6, 6.07) is 3.88. The smallest absolute Gasteiger partial charge is 0.237 e. The minimum Gasteiger partial charge on any atom is -0.380 e. The van der Waals surface area contributed by atoms with Gasteiger partial charge >= 0.3 is 0 Å². The van der Waals surface area contributed by atoms with Crippen molar-refractivity contribution in [1.82, 2.24) is 30.0 Å². The van der Waals surface area contributed by atoms with Crippen molar-refractivity contribution in [1.29, 1.82) is 0 Å². The maximum Gasteiger partial charge on any atom is 0.237 e. The average Bonchev–Trinajstić information content (AvgIpc) is 3.38. The summed E-state index contributed by atoms with van der Waals surface area (Å²) in [7, 11) is 0. The van der Waals surface area contributed by atoms with Gasteiger partial charge in [0.2, 0.25) is 11.7 Å². The number of hydrogen-bond acceptors (Lipinski definition) is 7. The molecule has 25 heavy (non-hydrogen) atoms. The Morgan fingerprint density at radius 2 is 2.28 bits per heavy atom. The van der Waals surface area contributed by atoms with Crippen molar-refractivity contribution in [2.24, 2.45) is 5.92 Å². The summed E-state index contributed by atoms with van der Waals surface area (Å²) in [5.41, 5.74) is 0.640. The van der Waals surface area contributed by atoms with E-state index in [1.165, 1.54) is 0 Å². The normalized spacial score (nSPS) is 25.4. The number of aryl methyl sites for hydroxylation is 1. The van der Waals surface area contributed by atoms with Gasteiger partial charge < -0.3 is 14.6 Å². The first kappa shape index (κ1) is 14.7. The van der Waals surface area contributed by atoms with Crippen molar-refractivity contribution in [3.8, 4) is 17.2 Å². The van der Waals surface area contributed by atoms with Crippen LogP contribution < -0.4 is 5.32 Å². The molecule has 0 radical (unpaired) electrons. The number of aromatic nitrogens is 5. The number of hydrogen-bond donors (Lipinski definition) is 1. The summed E-state index contributed by atoms with van der Waals surface area (Å²) < 4.78 is 13.2. The molecule has 1 N–H and O–H groups in total. The molecule has 0 unspecified atom stereocenters. The molecule has 5 heterocycles. The molecule has 0 aromatic carbocycles. The Morgan fingerprint density at radius 1 is 1.32 bits per heavy atom. The number of pyridine rings is 1. The van der Waals surface area contributed by atoms with Gasteiger partial charge in [0.1, 0.15) is 11.6 Å². The number of nitrogens with zero attached hydrogens (tertiary/aromatic N) is 5. The molecular weight excluding hydrogens is 320 g/mol. The van der Waals surface area contributed by atoms with E-state index in [0.29, 0.717) is 24.2 Å². The molecular formula is C17H18N6O2. The lowest BCUT2D eigenvalue weighted by Gasteiger charge is -2.20. The molecule has 2 fully saturated rings. The van der Waals surface area contributed by atoms with Crippen LogP contribution in [-0.4, -0.2) is 51.0 Å². The zero-order valence-electron chi connectivity index (χ0n) is 13.8. The van der Waals surface area contributed by atoms with Crippen LogP contribution in [-0.2, 0) is 10.2 Å². The standard InChI is InChI=1S/C17H18N6O2/c1-11-19-4-5-23(11)14-3-2-12(6-20-14)15-21-16(25-22-15)17-9-18-7-13(17)8-24-10-17/h2-6,13,18H,7-10H2,1H3/t13-,17-/m0/s1. The van der Waals surface area contributed by atoms with Crippen molar-refractivity contribution in [2.45, 2.75) is 12.3 Å². The van der Waals surface area contributed by atoms with Gasteiger partial charge in [0, 0.05) is 43.2 Å². The fourth-order valence-corrected chi connectivity index (χ4v) is 3.72. The largest absolute Gasteiger partial charge is 0.380 e. The Bertz CT molecular complexity index is 890. The highest BCUT2D eigenvalue weighted by atomic mass is 16.5. The monoisotopic (exact) mass is 338 g/mol. The summed E-state index contributed by atoms with van der Waals surface area (Å²) in [5.74, 6) is 3.31. The highest BCUT2D eigenvalue weighted by Gasteiger charge is 2.52. The number of imidazole rings is 1. The van der Waals surface area contributed by atoms with Gasteiger partial charge in [-0.15, -0.1) is 0 Å². The first-order chi connectivity index (χ1) is 12.3. The second kappa shape index (κ2) is 5.47. The predicted octanol–water partition coefficient (Wildman–Crippen LogP) is 1.11. The number of ether oxygens (including phenoxy) is 1. The third-order valence-corrected chi connectivity index (χ3v) is 5.22. The van der Waals surface area contributed by atoms with Gasteiger partial charge in [0.05, 0.1) is 18.6 Å². The number of fused-ring (bicyclic) bond motifs is 1. The minimum atomic E-state index is -0.188. The molecule has 0 spiro atoms. The molecule has 2 saturated heterocycles. The van der Waals surface area contributed by atoms with E-state index in [4.69, 9.17) is 9.26 Å². The van der Waals surface area contributed by atoms with Crippen LogP contribution in [0.3, 0.4) is 0 Å². The van der Waals surface area contributed by atoms with E-state index < -0.39 is 0 Å². The van der Waals surface area contributed by atoms with Crippen molar-refractivity contribution in [3.63, 3.8) is 0 Å². The lowest BCUT2D eigenvalue weighted by atomic mass is 9.81. The van der Waals surface area contributed by atoms with Crippen LogP contribution in [0.15, 0.2) is 35.2 Å². The van der Waals surface area contributed by atoms with Gasteiger partial charge in [-0.2, -0.15) is 4.98 Å². The van der Waals surface area contributed by atoms with Crippen LogP contribution in [0, 0.1) is 12.8 Å². The van der Waals surface area contributed by atoms with Crippen LogP contribution in [0.4, 0.5) is 0 Å². The van der Waals surface area contributed by atoms with E-state index in [0.717, 1.165) is 36.9 Å². The van der Waals surface area contributed by atoms with Gasteiger partial charge in [0.15, 0.2) is 0 Å². The third-order valence-electron chi connectivity index (χ3n) is 5.22. The fraction of sp³-hybridized carbons (Fsp3) is 0.412. The molecule has 2 atom stereocenters. The Kier molecular flexibility index (Phi) is 3.22. The highest BCUT2D eigenvalue weighted by molar-refractivity contribution is 5.54. The first-order valence-corrected chi connectivity index (χ1v) is 8.36. The van der Waals surface area contributed by atoms with E-state index in [2.05, 4.69) is 25.4 Å². The Hall–Kier alpha value is -2.58. The van der Waals surface area contributed by atoms with Crippen molar-refractivity contribution in [2.75, 3.05) is 26.3 Å². The second-order valence-electron chi connectivity index (χ2n) is 6.67. The molecule has 0 saturated carbocycles. The van der Waals surface area contributed by atoms with Crippen LogP contribution in [0.1, 0.15) is 11.7 Å². The molecule has 3 aromatic heterocycles. The summed E-state index contributed by atoms with van der Waals surface area (Å²) in [5, 5.41) is 7.58. The molecule has 3 aromatic rings. The first-order valence-electron chi connectivity index (χ1n) is 8.36. The molecule has 0 bridgehead atoms. The SMILES string of the molecule is Cc1nccn1-c1ccc(-c2noc([C@]34CNC[C@H]3COC4)n2)cn1. The molecule has 128 valence electrons. The van der Waals surface area contributed by atoms with Gasteiger partial charge in [-0.05, 0) is 19.1 Å². The van der Waals surface area contributed by atoms with Gasteiger partial charge in [0.25, 0.3) is 0 Å². The van der Waals surface area contributed by atoms with E-state index in [-0.39, 0.29) is 5.41 Å². The van der Waals surface area contributed by atoms with Gasteiger partial charge in [-0.3, -0.25) is 4.57 Å². The highest BCUT2D eigenvalue weighted by Crippen LogP contribution is 2.40. The molecule has 8 heteroatoms. The lowest BCUT2D eigenvalue weighted by Crippen LogP contribution is -2.35. The van der Waals surface area contributed by atoms with Crippen molar-refractivity contribution in [3.05, 3.63) is 42.4 Å². The average molecular weight is 338 g/mol. The molecule has 0 aliphatic carbocycles. The van der Waals surface area contributed by atoms with Gasteiger partial charge in [-0.1, -0.05) is 5.16 Å². The maximum atomic E-state index is 5.66. The van der Waals surface area contributed by atoms with E-state index >= 15 is 0 Å². The number of nitrogens with one attached hydrogen (secondary N) is 1. The van der Waals surface area contributed by atoms with Crippen LogP contribution in [0.5, 0.6) is 0 Å². The minimum absolute atomic E-state index is 0.188. The number of rotatable bonds is 3. The molecule has 0 amide bonds. The van der Waals surface area contributed by atoms with Crippen molar-refractivity contribution < 1.29 is 9.26 Å². The van der Waals surface area contributed by atoms with Crippen LogP contribution in [0.2, 0.25) is 0 Å².